The predicted molar refractivity (Wildman–Crippen MR) is 73.3 cm³/mol. The Kier molecular flexibility index (Phi) is 2.76. The second-order valence-corrected chi connectivity index (χ2v) is 4.20. The van der Waals surface area contributed by atoms with Gasteiger partial charge in [0.25, 0.3) is 5.69 Å². The fourth-order valence-electron chi connectivity index (χ4n) is 1.99. The lowest BCUT2D eigenvalue weighted by Gasteiger charge is -2.06. The Morgan fingerprint density at radius 1 is 1.10 bits per heavy atom. The molecule has 0 atom stereocenters. The highest BCUT2D eigenvalue weighted by Gasteiger charge is 2.12. The highest BCUT2D eigenvalue weighted by Crippen LogP contribution is 2.33. The van der Waals surface area contributed by atoms with Gasteiger partial charge in [-0.3, -0.25) is 15.1 Å². The summed E-state index contributed by atoms with van der Waals surface area (Å²) in [6.07, 6.45) is 2.76. The Bertz CT molecular complexity index is 800. The van der Waals surface area contributed by atoms with Crippen LogP contribution in [0.1, 0.15) is 0 Å². The summed E-state index contributed by atoms with van der Waals surface area (Å²) in [6, 6.07) is 10.0. The third-order valence-corrected chi connectivity index (χ3v) is 2.98. The highest BCUT2D eigenvalue weighted by molar-refractivity contribution is 5.91. The molecule has 0 saturated heterocycles. The first-order valence-corrected chi connectivity index (χ1v) is 5.84. The van der Waals surface area contributed by atoms with Gasteiger partial charge in [-0.2, -0.15) is 0 Å². The number of rotatable bonds is 2. The van der Waals surface area contributed by atoms with E-state index in [2.05, 4.69) is 9.97 Å². The fourth-order valence-corrected chi connectivity index (χ4v) is 1.99. The van der Waals surface area contributed by atoms with Crippen LogP contribution in [-0.2, 0) is 0 Å². The lowest BCUT2D eigenvalue weighted by Crippen LogP contribution is -1.91. The molecule has 0 aliphatic heterocycles. The molecule has 3 aromatic rings. The molecule has 98 valence electrons. The largest absolute Gasteiger partial charge is 0.505 e. The van der Waals surface area contributed by atoms with Crippen LogP contribution < -0.4 is 0 Å². The summed E-state index contributed by atoms with van der Waals surface area (Å²) in [6.45, 7) is 0. The normalized spacial score (nSPS) is 10.6. The van der Waals surface area contributed by atoms with Crippen LogP contribution in [0.25, 0.3) is 22.2 Å². The van der Waals surface area contributed by atoms with E-state index < -0.39 is 4.92 Å². The minimum Gasteiger partial charge on any atom is -0.505 e. The molecule has 0 aliphatic carbocycles. The molecular weight excluding hydrogens is 258 g/mol. The van der Waals surface area contributed by atoms with Crippen LogP contribution in [0.3, 0.4) is 0 Å². The number of phenols is 1. The van der Waals surface area contributed by atoms with Gasteiger partial charge >= 0.3 is 0 Å². The number of aromatic hydroxyl groups is 1. The van der Waals surface area contributed by atoms with E-state index in [1.54, 1.807) is 18.3 Å². The number of hydrogen-bond acceptors (Lipinski definition) is 5. The van der Waals surface area contributed by atoms with Crippen molar-refractivity contribution in [1.82, 2.24) is 9.97 Å². The quantitative estimate of drug-likeness (QED) is 0.569. The van der Waals surface area contributed by atoms with Crippen molar-refractivity contribution in [2.24, 2.45) is 0 Å². The standard InChI is InChI=1S/C14H9N3O3/c18-14-11(5-3-9-2-1-7-15-13(9)14)12-6-4-10(8-16-12)17(19)20/h1-8,18H. The van der Waals surface area contributed by atoms with E-state index >= 15 is 0 Å². The summed E-state index contributed by atoms with van der Waals surface area (Å²) in [5, 5.41) is 21.7. The maximum Gasteiger partial charge on any atom is 0.287 e. The van der Waals surface area contributed by atoms with Crippen molar-refractivity contribution >= 4 is 16.6 Å². The molecule has 3 rings (SSSR count). The lowest BCUT2D eigenvalue weighted by molar-refractivity contribution is -0.385. The van der Waals surface area contributed by atoms with E-state index in [0.717, 1.165) is 11.6 Å². The van der Waals surface area contributed by atoms with Crippen LogP contribution >= 0.6 is 0 Å². The highest BCUT2D eigenvalue weighted by atomic mass is 16.6. The summed E-state index contributed by atoms with van der Waals surface area (Å²) >= 11 is 0. The van der Waals surface area contributed by atoms with E-state index in [-0.39, 0.29) is 11.4 Å². The van der Waals surface area contributed by atoms with Gasteiger partial charge in [-0.25, -0.2) is 4.98 Å². The number of nitro groups is 1. The second-order valence-electron chi connectivity index (χ2n) is 4.20. The van der Waals surface area contributed by atoms with Crippen molar-refractivity contribution in [2.75, 3.05) is 0 Å². The van der Waals surface area contributed by atoms with Crippen molar-refractivity contribution in [3.63, 3.8) is 0 Å². The smallest absolute Gasteiger partial charge is 0.287 e. The van der Waals surface area contributed by atoms with Gasteiger partial charge in [-0.1, -0.05) is 12.1 Å². The minimum atomic E-state index is -0.515. The molecule has 20 heavy (non-hydrogen) atoms. The maximum atomic E-state index is 10.6. The average molecular weight is 267 g/mol. The van der Waals surface area contributed by atoms with Gasteiger partial charge in [0.05, 0.1) is 10.6 Å². The molecule has 0 unspecified atom stereocenters. The molecule has 1 N–H and O–H groups in total. The minimum absolute atomic E-state index is 0.0180. The van der Waals surface area contributed by atoms with Crippen molar-refractivity contribution in [3.8, 4) is 17.0 Å². The molecule has 0 saturated carbocycles. The molecule has 2 aromatic heterocycles. The van der Waals surface area contributed by atoms with Crippen LogP contribution in [0, 0.1) is 10.1 Å². The molecule has 0 bridgehead atoms. The first-order chi connectivity index (χ1) is 9.66. The topological polar surface area (TPSA) is 89.2 Å². The SMILES string of the molecule is O=[N+]([O-])c1ccc(-c2ccc3cccnc3c2O)nc1. The molecule has 0 aliphatic rings. The molecule has 6 heteroatoms. The molecule has 0 spiro atoms. The van der Waals surface area contributed by atoms with Crippen LogP contribution in [0.5, 0.6) is 5.75 Å². The first kappa shape index (κ1) is 12.0. The van der Waals surface area contributed by atoms with Gasteiger partial charge in [0.1, 0.15) is 11.7 Å². The van der Waals surface area contributed by atoms with Crippen LogP contribution in [0.15, 0.2) is 48.8 Å². The number of fused-ring (bicyclic) bond motifs is 1. The Morgan fingerprint density at radius 2 is 1.95 bits per heavy atom. The molecular formula is C14H9N3O3. The Balaban J connectivity index is 2.14. The third-order valence-electron chi connectivity index (χ3n) is 2.98. The maximum absolute atomic E-state index is 10.6. The summed E-state index contributed by atoms with van der Waals surface area (Å²) in [5.74, 6) is 0.0180. The first-order valence-electron chi connectivity index (χ1n) is 5.84. The Morgan fingerprint density at radius 3 is 2.65 bits per heavy atom. The number of nitrogens with zero attached hydrogens (tertiary/aromatic N) is 3. The number of phenolic OH excluding ortho intramolecular Hbond substituents is 1. The van der Waals surface area contributed by atoms with Gasteiger partial charge in [0, 0.05) is 23.2 Å². The Labute approximate surface area is 113 Å². The molecule has 0 radical (unpaired) electrons. The van der Waals surface area contributed by atoms with Gasteiger partial charge < -0.3 is 5.11 Å². The third kappa shape index (κ3) is 1.93. The molecule has 6 nitrogen and oxygen atoms in total. The van der Waals surface area contributed by atoms with Crippen LogP contribution in [0.2, 0.25) is 0 Å². The van der Waals surface area contributed by atoms with Crippen molar-refractivity contribution in [2.45, 2.75) is 0 Å². The van der Waals surface area contributed by atoms with E-state index in [1.165, 1.54) is 12.1 Å². The number of hydrogen-bond donors (Lipinski definition) is 1. The number of aromatic nitrogens is 2. The summed E-state index contributed by atoms with van der Waals surface area (Å²) < 4.78 is 0. The fraction of sp³-hybridized carbons (Fsp3) is 0. The van der Waals surface area contributed by atoms with Crippen molar-refractivity contribution < 1.29 is 10.0 Å². The predicted octanol–water partition coefficient (Wildman–Crippen LogP) is 2.91. The van der Waals surface area contributed by atoms with Gasteiger partial charge in [-0.05, 0) is 18.2 Å². The molecule has 2 heterocycles. The van der Waals surface area contributed by atoms with Gasteiger partial charge in [0.2, 0.25) is 0 Å². The average Bonchev–Trinajstić information content (AvgIpc) is 2.48. The number of benzene rings is 1. The number of pyridine rings is 2. The van der Waals surface area contributed by atoms with E-state index in [0.29, 0.717) is 16.8 Å². The van der Waals surface area contributed by atoms with Crippen LogP contribution in [0.4, 0.5) is 5.69 Å². The van der Waals surface area contributed by atoms with Crippen LogP contribution in [-0.4, -0.2) is 20.0 Å². The summed E-state index contributed by atoms with van der Waals surface area (Å²) in [4.78, 5) is 18.2. The van der Waals surface area contributed by atoms with E-state index in [4.69, 9.17) is 0 Å². The summed E-state index contributed by atoms with van der Waals surface area (Å²) in [7, 11) is 0. The lowest BCUT2D eigenvalue weighted by atomic mass is 10.1. The van der Waals surface area contributed by atoms with Gasteiger partial charge in [0.15, 0.2) is 5.75 Å². The van der Waals surface area contributed by atoms with E-state index in [1.807, 2.05) is 12.1 Å². The zero-order valence-corrected chi connectivity index (χ0v) is 10.2. The second kappa shape index (κ2) is 4.58. The zero-order valence-electron chi connectivity index (χ0n) is 10.2. The summed E-state index contributed by atoms with van der Waals surface area (Å²) in [5.41, 5.74) is 1.34. The zero-order chi connectivity index (χ0) is 14.1. The monoisotopic (exact) mass is 267 g/mol. The van der Waals surface area contributed by atoms with Crippen molar-refractivity contribution in [1.29, 1.82) is 0 Å². The molecule has 0 amide bonds. The molecule has 1 aromatic carbocycles. The van der Waals surface area contributed by atoms with Gasteiger partial charge in [-0.15, -0.1) is 0 Å². The van der Waals surface area contributed by atoms with E-state index in [9.17, 15) is 15.2 Å². The van der Waals surface area contributed by atoms with Crippen molar-refractivity contribution in [3.05, 3.63) is 58.9 Å². The Hall–Kier alpha value is -3.02. The molecule has 0 fully saturated rings.